The van der Waals surface area contributed by atoms with E-state index in [0.717, 1.165) is 68.1 Å². The molecule has 1 atom stereocenters. The van der Waals surface area contributed by atoms with Gasteiger partial charge in [-0.1, -0.05) is 36.3 Å². The summed E-state index contributed by atoms with van der Waals surface area (Å²) in [7, 11) is 1.46. The summed E-state index contributed by atoms with van der Waals surface area (Å²) in [5.74, 6) is 1.10. The lowest BCUT2D eigenvalue weighted by Crippen LogP contribution is -2.51. The summed E-state index contributed by atoms with van der Waals surface area (Å²) >= 11 is 1.69. The van der Waals surface area contributed by atoms with Crippen LogP contribution >= 0.6 is 21.8 Å². The first-order valence-electron chi connectivity index (χ1n) is 14.7. The molecule has 38 heavy (non-hydrogen) atoms. The van der Waals surface area contributed by atoms with Gasteiger partial charge < -0.3 is 14.5 Å². The van der Waals surface area contributed by atoms with Crippen LogP contribution in [0.4, 0.5) is 5.69 Å². The summed E-state index contributed by atoms with van der Waals surface area (Å²) in [6.07, 6.45) is 14.0. The van der Waals surface area contributed by atoms with Crippen LogP contribution in [0.2, 0.25) is 0 Å². The van der Waals surface area contributed by atoms with Crippen LogP contribution in [0.25, 0.3) is 5.57 Å². The van der Waals surface area contributed by atoms with Gasteiger partial charge in [-0.3, -0.25) is 9.59 Å². The van der Waals surface area contributed by atoms with Gasteiger partial charge in [0.1, 0.15) is 10.8 Å². The van der Waals surface area contributed by atoms with E-state index in [1.54, 1.807) is 11.3 Å². The van der Waals surface area contributed by atoms with Crippen molar-refractivity contribution < 1.29 is 14.3 Å². The second kappa shape index (κ2) is 11.6. The van der Waals surface area contributed by atoms with E-state index in [1.807, 2.05) is 20.8 Å². The number of likely N-dealkylation sites (tertiary alicyclic amines) is 1. The Morgan fingerprint density at radius 3 is 2.45 bits per heavy atom. The van der Waals surface area contributed by atoms with Gasteiger partial charge in [-0.25, -0.2) is 0 Å². The number of esters is 1. The fourth-order valence-corrected chi connectivity index (χ4v) is 9.92. The smallest absolute Gasteiger partial charge is 0.312 e. The highest BCUT2D eigenvalue weighted by molar-refractivity contribution is 8.29. The molecule has 0 N–H and O–H groups in total. The number of ether oxygens (including phenoxy) is 1. The number of hydrogen-bond acceptors (Lipinski definition) is 6. The summed E-state index contributed by atoms with van der Waals surface area (Å²) < 4.78 is 5.94. The molecule has 1 saturated heterocycles. The molecule has 0 aromatic carbocycles. The third-order valence-corrected chi connectivity index (χ3v) is 12.2. The molecule has 5 nitrogen and oxygen atoms in total. The number of carbonyl (C=O) groups excluding carboxylic acids is 2. The fourth-order valence-electron chi connectivity index (χ4n) is 6.35. The summed E-state index contributed by atoms with van der Waals surface area (Å²) in [6.45, 7) is 10.2. The average molecular weight is 559 g/mol. The Balaban J connectivity index is 1.60. The first-order chi connectivity index (χ1) is 18.1. The Morgan fingerprint density at radius 2 is 1.82 bits per heavy atom. The lowest BCUT2D eigenvalue weighted by Gasteiger charge is -2.45. The van der Waals surface area contributed by atoms with Crippen molar-refractivity contribution in [1.29, 1.82) is 0 Å². The second-order valence-corrected chi connectivity index (χ2v) is 15.8. The molecule has 3 heterocycles. The molecular weight excluding hydrogens is 512 g/mol. The van der Waals surface area contributed by atoms with Crippen molar-refractivity contribution >= 4 is 49.2 Å². The van der Waals surface area contributed by atoms with E-state index in [-0.39, 0.29) is 17.0 Å². The summed E-state index contributed by atoms with van der Waals surface area (Å²) in [5, 5.41) is 0.201. The number of carbonyl (C=O) groups is 2. The van der Waals surface area contributed by atoms with Crippen LogP contribution in [0.15, 0.2) is 12.1 Å². The lowest BCUT2D eigenvalue weighted by atomic mass is 9.82. The van der Waals surface area contributed by atoms with Gasteiger partial charge in [-0.2, -0.15) is 0 Å². The van der Waals surface area contributed by atoms with Gasteiger partial charge in [0.15, 0.2) is 0 Å². The zero-order valence-electron chi connectivity index (χ0n) is 24.0. The minimum Gasteiger partial charge on any atom is -0.454 e. The number of nitrogens with zero attached hydrogens (tertiary/aromatic N) is 2. The van der Waals surface area contributed by atoms with Crippen molar-refractivity contribution in [2.75, 3.05) is 31.0 Å². The highest BCUT2D eigenvalue weighted by atomic mass is 32.2. The predicted molar refractivity (Wildman–Crippen MR) is 162 cm³/mol. The molecule has 2 aliphatic carbocycles. The number of hydrogen-bond donors (Lipinski definition) is 0. The topological polar surface area (TPSA) is 49.9 Å². The van der Waals surface area contributed by atoms with Gasteiger partial charge in [0.25, 0.3) is 0 Å². The first kappa shape index (κ1) is 28.1. The van der Waals surface area contributed by atoms with Crippen LogP contribution in [0.3, 0.4) is 0 Å². The number of anilines is 1. The van der Waals surface area contributed by atoms with E-state index in [0.29, 0.717) is 12.0 Å². The molecule has 2 fully saturated rings. The number of piperidine rings is 1. The molecule has 1 unspecified atom stereocenters. The van der Waals surface area contributed by atoms with E-state index in [4.69, 9.17) is 4.74 Å². The highest BCUT2D eigenvalue weighted by Gasteiger charge is 2.41. The standard InChI is InChI=1S/C31H46N2O3S2/c1-21-11-13-23(14-12-21)28-33(24-15-17-32(5)18-16-24)25-19-26(22-9-7-6-8-10-22)37-27(25)29(34)38(28)20-36-30(35)31(2,3)4/h9,19,21,23-24H,6-8,10-18,20H2,1-5H3. The quantitative estimate of drug-likeness (QED) is 0.276. The third-order valence-electron chi connectivity index (χ3n) is 8.82. The monoisotopic (exact) mass is 558 g/mol. The van der Waals surface area contributed by atoms with Crippen molar-refractivity contribution in [2.45, 2.75) is 97.9 Å². The van der Waals surface area contributed by atoms with Crippen LogP contribution in [0.1, 0.15) is 106 Å². The number of thiophene rings is 1. The van der Waals surface area contributed by atoms with Crippen LogP contribution in [0.5, 0.6) is 0 Å². The SMILES string of the molecule is CC1CCC(C2=S(COC(=O)C(C)(C)C)C(=O)c3sc(C4=CCCCC4)cc3N2C2CCN(C)CC2)CC1. The van der Waals surface area contributed by atoms with Crippen molar-refractivity contribution in [3.05, 3.63) is 21.9 Å². The van der Waals surface area contributed by atoms with Gasteiger partial charge in [0, 0.05) is 16.8 Å². The molecule has 1 saturated carbocycles. The van der Waals surface area contributed by atoms with Gasteiger partial charge in [-0.05, 0) is 110 Å². The molecule has 0 radical (unpaired) electrons. The van der Waals surface area contributed by atoms with Gasteiger partial charge in [0.05, 0.1) is 16.1 Å². The van der Waals surface area contributed by atoms with Crippen LogP contribution in [-0.4, -0.2) is 53.1 Å². The van der Waals surface area contributed by atoms with Crippen molar-refractivity contribution in [3.8, 4) is 0 Å². The third kappa shape index (κ3) is 5.85. The lowest BCUT2D eigenvalue weighted by molar-refractivity contribution is -0.150. The Bertz CT molecular complexity index is 1110. The van der Waals surface area contributed by atoms with Crippen LogP contribution in [0, 0.1) is 17.3 Å². The van der Waals surface area contributed by atoms with Crippen molar-refractivity contribution in [1.82, 2.24) is 4.90 Å². The normalized spacial score (nSPS) is 27.8. The molecule has 1 aromatic heterocycles. The van der Waals surface area contributed by atoms with Gasteiger partial charge >= 0.3 is 5.97 Å². The largest absolute Gasteiger partial charge is 0.454 e. The summed E-state index contributed by atoms with van der Waals surface area (Å²) in [6, 6.07) is 2.74. The average Bonchev–Trinajstić information content (AvgIpc) is 3.35. The number of allylic oxidation sites excluding steroid dienone is 2. The predicted octanol–water partition coefficient (Wildman–Crippen LogP) is 7.53. The van der Waals surface area contributed by atoms with E-state index >= 15 is 0 Å². The van der Waals surface area contributed by atoms with E-state index in [2.05, 4.69) is 35.9 Å². The molecule has 210 valence electrons. The maximum Gasteiger partial charge on any atom is 0.312 e. The Kier molecular flexibility index (Phi) is 8.56. The van der Waals surface area contributed by atoms with Gasteiger partial charge in [0.2, 0.25) is 5.12 Å². The Labute approximate surface area is 235 Å². The summed E-state index contributed by atoms with van der Waals surface area (Å²) in [5.41, 5.74) is 1.99. The molecular formula is C31H46N2O3S2. The minimum absolute atomic E-state index is 0.189. The molecule has 2 aliphatic heterocycles. The highest BCUT2D eigenvalue weighted by Crippen LogP contribution is 2.49. The fraction of sp³-hybridized carbons (Fsp3) is 0.710. The molecule has 5 rings (SSSR count). The Morgan fingerprint density at radius 1 is 1.11 bits per heavy atom. The molecule has 0 bridgehead atoms. The van der Waals surface area contributed by atoms with Crippen LogP contribution < -0.4 is 4.90 Å². The molecule has 1 aromatic rings. The number of fused-ring (bicyclic) bond motifs is 1. The van der Waals surface area contributed by atoms with Crippen molar-refractivity contribution in [2.24, 2.45) is 17.3 Å². The van der Waals surface area contributed by atoms with E-state index in [9.17, 15) is 9.59 Å². The first-order valence-corrected chi connectivity index (χ1v) is 16.9. The zero-order chi connectivity index (χ0) is 27.0. The second-order valence-electron chi connectivity index (χ2n) is 13.0. The van der Waals surface area contributed by atoms with Crippen molar-refractivity contribution in [3.63, 3.8) is 0 Å². The molecule has 4 aliphatic rings. The molecule has 7 heteroatoms. The maximum absolute atomic E-state index is 14.3. The minimum atomic E-state index is -0.747. The van der Waals surface area contributed by atoms with Crippen LogP contribution in [-0.2, 0) is 9.53 Å². The maximum atomic E-state index is 14.3. The van der Waals surface area contributed by atoms with E-state index < -0.39 is 15.9 Å². The van der Waals surface area contributed by atoms with Gasteiger partial charge in [-0.15, -0.1) is 11.3 Å². The molecule has 0 spiro atoms. The van der Waals surface area contributed by atoms with E-state index in [1.165, 1.54) is 41.1 Å². The zero-order valence-corrected chi connectivity index (χ0v) is 25.6. The number of rotatable bonds is 5. The Hall–Kier alpha value is -1.44. The molecule has 0 amide bonds. The summed E-state index contributed by atoms with van der Waals surface area (Å²) in [4.78, 5) is 35.7.